The summed E-state index contributed by atoms with van der Waals surface area (Å²) >= 11 is 1.66. The molecule has 0 amide bonds. The molecule has 27 heavy (non-hydrogen) atoms. The van der Waals surface area contributed by atoms with Gasteiger partial charge in [0.25, 0.3) is 0 Å². The third-order valence-corrected chi connectivity index (χ3v) is 5.85. The number of hydrogen-bond donors (Lipinski definition) is 1. The molecule has 2 aliphatic heterocycles. The summed E-state index contributed by atoms with van der Waals surface area (Å²) in [6.45, 7) is 2.13. The quantitative estimate of drug-likeness (QED) is 0.655. The predicted molar refractivity (Wildman–Crippen MR) is 111 cm³/mol. The molecule has 3 aromatic rings. The van der Waals surface area contributed by atoms with Gasteiger partial charge in [-0.25, -0.2) is 4.98 Å². The molecule has 0 atom stereocenters. The molecule has 0 aliphatic carbocycles. The van der Waals surface area contributed by atoms with E-state index >= 15 is 0 Å². The van der Waals surface area contributed by atoms with Crippen molar-refractivity contribution in [2.24, 2.45) is 0 Å². The molecule has 5 nitrogen and oxygen atoms in total. The third-order valence-electron chi connectivity index (χ3n) is 4.91. The number of anilines is 2. The summed E-state index contributed by atoms with van der Waals surface area (Å²) in [7, 11) is 0. The molecule has 2 aliphatic rings. The number of nitrogens with two attached hydrogens (primary N) is 1. The SMILES string of the molecule is Cl.Nc1cccc2c1CCCN2Cc1csc(-c2ccc3c(c2)OCO3)n1. The Morgan fingerprint density at radius 1 is 1.15 bits per heavy atom. The smallest absolute Gasteiger partial charge is 0.231 e. The van der Waals surface area contributed by atoms with Crippen molar-refractivity contribution in [2.45, 2.75) is 19.4 Å². The first-order valence-electron chi connectivity index (χ1n) is 8.75. The van der Waals surface area contributed by atoms with Crippen LogP contribution < -0.4 is 20.1 Å². The number of aromatic nitrogens is 1. The van der Waals surface area contributed by atoms with E-state index in [0.29, 0.717) is 6.79 Å². The fourth-order valence-electron chi connectivity index (χ4n) is 3.63. The van der Waals surface area contributed by atoms with Gasteiger partial charge in [-0.1, -0.05) is 6.07 Å². The van der Waals surface area contributed by atoms with Gasteiger partial charge in [0.1, 0.15) is 5.01 Å². The lowest BCUT2D eigenvalue weighted by Gasteiger charge is -2.31. The van der Waals surface area contributed by atoms with E-state index in [1.807, 2.05) is 30.3 Å². The van der Waals surface area contributed by atoms with Crippen molar-refractivity contribution in [3.05, 3.63) is 53.0 Å². The van der Waals surface area contributed by atoms with Gasteiger partial charge in [-0.2, -0.15) is 0 Å². The molecule has 5 rings (SSSR count). The molecule has 0 radical (unpaired) electrons. The molecule has 2 N–H and O–H groups in total. The summed E-state index contributed by atoms with van der Waals surface area (Å²) in [5, 5.41) is 3.14. The maximum Gasteiger partial charge on any atom is 0.231 e. The molecule has 1 aromatic heterocycles. The second-order valence-electron chi connectivity index (χ2n) is 6.58. The maximum atomic E-state index is 6.16. The summed E-state index contributed by atoms with van der Waals surface area (Å²) in [5.74, 6) is 1.59. The molecule has 0 bridgehead atoms. The molecule has 0 unspecified atom stereocenters. The van der Waals surface area contributed by atoms with Gasteiger partial charge >= 0.3 is 0 Å². The number of fused-ring (bicyclic) bond motifs is 2. The zero-order valence-corrected chi connectivity index (χ0v) is 16.3. The molecular formula is C20H20ClN3O2S. The van der Waals surface area contributed by atoms with Crippen LogP contribution in [0.3, 0.4) is 0 Å². The summed E-state index contributed by atoms with van der Waals surface area (Å²) in [6.07, 6.45) is 2.18. The Hall–Kier alpha value is -2.44. The number of benzene rings is 2. The van der Waals surface area contributed by atoms with Crippen molar-refractivity contribution in [3.8, 4) is 22.1 Å². The molecule has 140 valence electrons. The number of hydrogen-bond acceptors (Lipinski definition) is 6. The molecule has 2 aromatic carbocycles. The van der Waals surface area contributed by atoms with E-state index in [1.54, 1.807) is 11.3 Å². The Bertz CT molecular complexity index is 976. The summed E-state index contributed by atoms with van der Waals surface area (Å²) in [4.78, 5) is 7.23. The number of thiazole rings is 1. The highest BCUT2D eigenvalue weighted by Crippen LogP contribution is 2.37. The molecule has 0 spiro atoms. The van der Waals surface area contributed by atoms with Crippen LogP contribution in [0.15, 0.2) is 41.8 Å². The second-order valence-corrected chi connectivity index (χ2v) is 7.44. The van der Waals surface area contributed by atoms with Crippen molar-refractivity contribution in [2.75, 3.05) is 24.0 Å². The van der Waals surface area contributed by atoms with Crippen molar-refractivity contribution < 1.29 is 9.47 Å². The van der Waals surface area contributed by atoms with Crippen LogP contribution in [0.25, 0.3) is 10.6 Å². The normalized spacial score (nSPS) is 14.6. The zero-order chi connectivity index (χ0) is 17.5. The maximum absolute atomic E-state index is 6.16. The third kappa shape index (κ3) is 3.31. The molecule has 0 saturated carbocycles. The lowest BCUT2D eigenvalue weighted by Crippen LogP contribution is -2.29. The van der Waals surface area contributed by atoms with Crippen LogP contribution >= 0.6 is 23.7 Å². The van der Waals surface area contributed by atoms with E-state index in [4.69, 9.17) is 20.2 Å². The first-order chi connectivity index (χ1) is 12.8. The minimum Gasteiger partial charge on any atom is -0.454 e. The highest BCUT2D eigenvalue weighted by Gasteiger charge is 2.20. The first kappa shape index (κ1) is 17.9. The minimum absolute atomic E-state index is 0. The Kier molecular flexibility index (Phi) is 4.85. The molecule has 0 fully saturated rings. The van der Waals surface area contributed by atoms with Gasteiger partial charge in [0.2, 0.25) is 6.79 Å². The highest BCUT2D eigenvalue weighted by molar-refractivity contribution is 7.13. The monoisotopic (exact) mass is 401 g/mol. The van der Waals surface area contributed by atoms with Crippen molar-refractivity contribution in [1.82, 2.24) is 4.98 Å². The zero-order valence-electron chi connectivity index (χ0n) is 14.7. The van der Waals surface area contributed by atoms with Crippen molar-refractivity contribution in [1.29, 1.82) is 0 Å². The Balaban J connectivity index is 0.00000180. The second kappa shape index (κ2) is 7.29. The van der Waals surface area contributed by atoms with Crippen LogP contribution in [-0.4, -0.2) is 18.3 Å². The fourth-order valence-corrected chi connectivity index (χ4v) is 4.44. The van der Waals surface area contributed by atoms with Gasteiger partial charge in [-0.15, -0.1) is 23.7 Å². The van der Waals surface area contributed by atoms with Crippen LogP contribution in [0.4, 0.5) is 11.4 Å². The summed E-state index contributed by atoms with van der Waals surface area (Å²) in [6, 6.07) is 12.2. The van der Waals surface area contributed by atoms with Crippen LogP contribution in [0.5, 0.6) is 11.5 Å². The fraction of sp³-hybridized carbons (Fsp3) is 0.250. The Labute approximate surface area is 168 Å². The lowest BCUT2D eigenvalue weighted by molar-refractivity contribution is 0.174. The number of nitrogens with zero attached hydrogens (tertiary/aromatic N) is 2. The van der Waals surface area contributed by atoms with Gasteiger partial charge in [-0.05, 0) is 48.7 Å². The van der Waals surface area contributed by atoms with Crippen LogP contribution in [0.1, 0.15) is 17.7 Å². The van der Waals surface area contributed by atoms with Crippen molar-refractivity contribution in [3.63, 3.8) is 0 Å². The van der Waals surface area contributed by atoms with E-state index in [1.165, 1.54) is 11.3 Å². The van der Waals surface area contributed by atoms with Crippen LogP contribution in [0, 0.1) is 0 Å². The first-order valence-corrected chi connectivity index (χ1v) is 9.62. The topological polar surface area (TPSA) is 60.6 Å². The van der Waals surface area contributed by atoms with Gasteiger partial charge in [0.15, 0.2) is 11.5 Å². The van der Waals surface area contributed by atoms with E-state index in [9.17, 15) is 0 Å². The highest BCUT2D eigenvalue weighted by atomic mass is 35.5. The molecule has 7 heteroatoms. The van der Waals surface area contributed by atoms with Crippen LogP contribution in [0.2, 0.25) is 0 Å². The summed E-state index contributed by atoms with van der Waals surface area (Å²) < 4.78 is 10.9. The van der Waals surface area contributed by atoms with Gasteiger partial charge in [0, 0.05) is 28.9 Å². The number of halogens is 1. The Morgan fingerprint density at radius 2 is 2.04 bits per heavy atom. The summed E-state index contributed by atoms with van der Waals surface area (Å²) in [5.41, 5.74) is 11.7. The number of ether oxygens (including phenoxy) is 2. The van der Waals surface area contributed by atoms with Gasteiger partial charge < -0.3 is 20.1 Å². The van der Waals surface area contributed by atoms with Crippen molar-refractivity contribution >= 4 is 35.1 Å². The van der Waals surface area contributed by atoms with Gasteiger partial charge in [0.05, 0.1) is 12.2 Å². The largest absolute Gasteiger partial charge is 0.454 e. The van der Waals surface area contributed by atoms with E-state index in [2.05, 4.69) is 16.3 Å². The molecular weight excluding hydrogens is 382 g/mol. The van der Waals surface area contributed by atoms with E-state index < -0.39 is 0 Å². The van der Waals surface area contributed by atoms with Crippen LogP contribution in [-0.2, 0) is 13.0 Å². The standard InChI is InChI=1S/C20H19N3O2S.ClH/c21-16-4-1-5-17-15(16)3-2-8-23(17)10-14-11-26-20(22-14)13-6-7-18-19(9-13)25-12-24-18;/h1,4-7,9,11H,2-3,8,10,12,21H2;1H. The van der Waals surface area contributed by atoms with E-state index in [-0.39, 0.29) is 12.4 Å². The van der Waals surface area contributed by atoms with E-state index in [0.717, 1.165) is 59.4 Å². The average molecular weight is 402 g/mol. The predicted octanol–water partition coefficient (Wildman–Crippen LogP) is 4.50. The minimum atomic E-state index is 0. The number of rotatable bonds is 3. The Morgan fingerprint density at radius 3 is 2.96 bits per heavy atom. The molecule has 3 heterocycles. The molecule has 0 saturated heterocycles. The number of nitrogen functional groups attached to an aromatic ring is 1. The van der Waals surface area contributed by atoms with Gasteiger partial charge in [-0.3, -0.25) is 0 Å². The average Bonchev–Trinajstić information content (AvgIpc) is 3.31. The lowest BCUT2D eigenvalue weighted by atomic mass is 10.00.